The molecule has 0 atom stereocenters. The molecule has 14 heteroatoms. The standard InChI is InChI=1S/C20H13F3IN3O7/c1-2-33-15-7-9(5-11-17(28)25-19(30)26-18(11)29)6-12(24)16(15)34-14-4-3-10(20(21,22)23)8-13(14)27(31)32/h3-8H,2H2,1H3,(H2,25,26,28,29,30). The Labute approximate surface area is 202 Å². The van der Waals surface area contributed by atoms with Crippen LogP contribution in [0.3, 0.4) is 0 Å². The van der Waals surface area contributed by atoms with Gasteiger partial charge in [0.25, 0.3) is 11.8 Å². The van der Waals surface area contributed by atoms with E-state index >= 15 is 0 Å². The Morgan fingerprint density at radius 3 is 2.29 bits per heavy atom. The van der Waals surface area contributed by atoms with E-state index < -0.39 is 45.9 Å². The van der Waals surface area contributed by atoms with E-state index in [0.717, 1.165) is 6.07 Å². The SMILES string of the molecule is CCOc1cc(C=C2C(=O)NC(=O)NC2=O)cc(I)c1Oc1ccc(C(F)(F)F)cc1[N+](=O)[O-]. The highest BCUT2D eigenvalue weighted by Gasteiger charge is 2.34. The maximum Gasteiger partial charge on any atom is 0.416 e. The zero-order chi connectivity index (χ0) is 25.2. The Kier molecular flexibility index (Phi) is 7.09. The number of ether oxygens (including phenoxy) is 2. The third kappa shape index (κ3) is 5.44. The van der Waals surface area contributed by atoms with Crippen LogP contribution in [0.15, 0.2) is 35.9 Å². The van der Waals surface area contributed by atoms with Gasteiger partial charge in [0.1, 0.15) is 5.57 Å². The van der Waals surface area contributed by atoms with Gasteiger partial charge in [-0.25, -0.2) is 4.79 Å². The maximum atomic E-state index is 13.0. The fourth-order valence-corrected chi connectivity index (χ4v) is 3.57. The molecule has 3 rings (SSSR count). The summed E-state index contributed by atoms with van der Waals surface area (Å²) in [5.41, 5.74) is -2.18. The zero-order valence-corrected chi connectivity index (χ0v) is 19.1. The smallest absolute Gasteiger partial charge is 0.416 e. The van der Waals surface area contributed by atoms with Gasteiger partial charge >= 0.3 is 17.9 Å². The Morgan fingerprint density at radius 1 is 1.09 bits per heavy atom. The second kappa shape index (κ2) is 9.66. The van der Waals surface area contributed by atoms with Crippen molar-refractivity contribution in [1.29, 1.82) is 0 Å². The minimum absolute atomic E-state index is 0.0276. The predicted molar refractivity (Wildman–Crippen MR) is 118 cm³/mol. The van der Waals surface area contributed by atoms with E-state index in [0.29, 0.717) is 15.7 Å². The number of imide groups is 2. The lowest BCUT2D eigenvalue weighted by atomic mass is 10.1. The minimum Gasteiger partial charge on any atom is -0.490 e. The first-order chi connectivity index (χ1) is 15.9. The second-order valence-electron chi connectivity index (χ2n) is 6.60. The highest BCUT2D eigenvalue weighted by molar-refractivity contribution is 14.1. The minimum atomic E-state index is -4.79. The van der Waals surface area contributed by atoms with Crippen molar-refractivity contribution in [3.8, 4) is 17.2 Å². The van der Waals surface area contributed by atoms with Crippen LogP contribution >= 0.6 is 22.6 Å². The number of amides is 4. The molecule has 10 nitrogen and oxygen atoms in total. The largest absolute Gasteiger partial charge is 0.490 e. The fraction of sp³-hybridized carbons (Fsp3) is 0.150. The normalized spacial score (nSPS) is 13.8. The average molecular weight is 591 g/mol. The molecule has 2 aromatic carbocycles. The molecule has 0 unspecified atom stereocenters. The van der Waals surface area contributed by atoms with Gasteiger partial charge in [-0.2, -0.15) is 13.2 Å². The summed E-state index contributed by atoms with van der Waals surface area (Å²) in [5, 5.41) is 15.2. The van der Waals surface area contributed by atoms with Crippen LogP contribution in [0, 0.1) is 13.7 Å². The molecular weight excluding hydrogens is 578 g/mol. The number of hydrogen-bond donors (Lipinski definition) is 2. The van der Waals surface area contributed by atoms with Gasteiger partial charge < -0.3 is 9.47 Å². The number of nitrogens with one attached hydrogen (secondary N) is 2. The molecule has 0 aromatic heterocycles. The van der Waals surface area contributed by atoms with Crippen molar-refractivity contribution in [2.24, 2.45) is 0 Å². The summed E-state index contributed by atoms with van der Waals surface area (Å²) >= 11 is 1.80. The van der Waals surface area contributed by atoms with Crippen LogP contribution in [0.4, 0.5) is 23.7 Å². The number of carbonyl (C=O) groups is 3. The summed E-state index contributed by atoms with van der Waals surface area (Å²) in [6, 6.07) is 3.69. The highest BCUT2D eigenvalue weighted by Crippen LogP contribution is 2.42. The van der Waals surface area contributed by atoms with E-state index in [2.05, 4.69) is 0 Å². The highest BCUT2D eigenvalue weighted by atomic mass is 127. The molecule has 1 saturated heterocycles. The first-order valence-corrected chi connectivity index (χ1v) is 10.4. The number of hydrogen-bond acceptors (Lipinski definition) is 7. The van der Waals surface area contributed by atoms with Gasteiger partial charge in [-0.3, -0.25) is 30.3 Å². The van der Waals surface area contributed by atoms with Crippen molar-refractivity contribution in [2.75, 3.05) is 6.61 Å². The third-order valence-corrected chi connectivity index (χ3v) is 5.08. The summed E-state index contributed by atoms with van der Waals surface area (Å²) in [7, 11) is 0. The van der Waals surface area contributed by atoms with Gasteiger partial charge in [0.05, 0.1) is 20.7 Å². The zero-order valence-electron chi connectivity index (χ0n) is 17.0. The first kappa shape index (κ1) is 24.9. The maximum absolute atomic E-state index is 13.0. The third-order valence-electron chi connectivity index (χ3n) is 4.28. The van der Waals surface area contributed by atoms with E-state index in [1.807, 2.05) is 10.6 Å². The Hall–Kier alpha value is -3.69. The lowest BCUT2D eigenvalue weighted by Crippen LogP contribution is -2.51. The van der Waals surface area contributed by atoms with Crippen molar-refractivity contribution in [1.82, 2.24) is 10.6 Å². The van der Waals surface area contributed by atoms with Gasteiger partial charge in [0, 0.05) is 6.07 Å². The van der Waals surface area contributed by atoms with Crippen LogP contribution in [-0.4, -0.2) is 29.4 Å². The molecule has 0 saturated carbocycles. The molecule has 4 amide bonds. The molecular formula is C20H13F3IN3O7. The summed E-state index contributed by atoms with van der Waals surface area (Å²) in [6.07, 6.45) is -3.60. The molecule has 2 aromatic rings. The van der Waals surface area contributed by atoms with Gasteiger partial charge in [0.2, 0.25) is 5.75 Å². The molecule has 1 aliphatic rings. The molecule has 178 valence electrons. The molecule has 0 aliphatic carbocycles. The lowest BCUT2D eigenvalue weighted by molar-refractivity contribution is -0.385. The molecule has 34 heavy (non-hydrogen) atoms. The molecule has 0 radical (unpaired) electrons. The Morgan fingerprint density at radius 2 is 1.74 bits per heavy atom. The van der Waals surface area contributed by atoms with Gasteiger partial charge in [-0.1, -0.05) is 0 Å². The molecule has 1 fully saturated rings. The summed E-state index contributed by atoms with van der Waals surface area (Å²) in [6.45, 7) is 1.76. The summed E-state index contributed by atoms with van der Waals surface area (Å²) < 4.78 is 50.3. The Balaban J connectivity index is 2.04. The summed E-state index contributed by atoms with van der Waals surface area (Å²) in [5.74, 6) is -2.26. The van der Waals surface area contributed by atoms with Crippen molar-refractivity contribution in [3.63, 3.8) is 0 Å². The number of urea groups is 1. The van der Waals surface area contributed by atoms with Crippen molar-refractivity contribution in [2.45, 2.75) is 13.1 Å². The number of alkyl halides is 3. The van der Waals surface area contributed by atoms with E-state index in [-0.39, 0.29) is 29.2 Å². The van der Waals surface area contributed by atoms with Crippen LogP contribution in [0.5, 0.6) is 17.2 Å². The van der Waals surface area contributed by atoms with Crippen LogP contribution in [0.2, 0.25) is 0 Å². The number of nitro groups is 1. The number of rotatable bonds is 6. The van der Waals surface area contributed by atoms with Gasteiger partial charge in [0.15, 0.2) is 11.5 Å². The predicted octanol–water partition coefficient (Wildman–Crippen LogP) is 4.16. The van der Waals surface area contributed by atoms with Gasteiger partial charge in [-0.05, 0) is 65.4 Å². The van der Waals surface area contributed by atoms with Crippen molar-refractivity contribution in [3.05, 3.63) is 60.7 Å². The topological polar surface area (TPSA) is 137 Å². The van der Waals surface area contributed by atoms with E-state index in [4.69, 9.17) is 9.47 Å². The van der Waals surface area contributed by atoms with Crippen LogP contribution < -0.4 is 20.1 Å². The van der Waals surface area contributed by atoms with E-state index in [1.54, 1.807) is 29.5 Å². The monoisotopic (exact) mass is 591 g/mol. The van der Waals surface area contributed by atoms with Crippen molar-refractivity contribution < 1.29 is 42.0 Å². The van der Waals surface area contributed by atoms with Gasteiger partial charge in [-0.15, -0.1) is 0 Å². The first-order valence-electron chi connectivity index (χ1n) is 9.29. The number of nitrogens with zero attached hydrogens (tertiary/aromatic N) is 1. The number of benzene rings is 2. The fourth-order valence-electron chi connectivity index (χ4n) is 2.84. The van der Waals surface area contributed by atoms with Crippen LogP contribution in [-0.2, 0) is 15.8 Å². The average Bonchev–Trinajstić information content (AvgIpc) is 2.72. The number of carbonyl (C=O) groups excluding carboxylic acids is 3. The molecule has 2 N–H and O–H groups in total. The number of halogens is 4. The molecule has 1 heterocycles. The van der Waals surface area contributed by atoms with Crippen LogP contribution in [0.25, 0.3) is 6.08 Å². The Bertz CT molecular complexity index is 1220. The van der Waals surface area contributed by atoms with Crippen LogP contribution in [0.1, 0.15) is 18.1 Å². The summed E-state index contributed by atoms with van der Waals surface area (Å²) in [4.78, 5) is 45.5. The number of barbiturate groups is 1. The second-order valence-corrected chi connectivity index (χ2v) is 7.76. The van der Waals surface area contributed by atoms with E-state index in [9.17, 15) is 37.7 Å². The molecule has 1 aliphatic heterocycles. The van der Waals surface area contributed by atoms with E-state index in [1.165, 1.54) is 18.2 Å². The molecule has 0 spiro atoms. The lowest BCUT2D eigenvalue weighted by Gasteiger charge is -2.16. The molecule has 0 bridgehead atoms. The quantitative estimate of drug-likeness (QED) is 0.169. The van der Waals surface area contributed by atoms with Crippen molar-refractivity contribution >= 4 is 52.2 Å². The number of nitro benzene ring substituents is 1.